The topological polar surface area (TPSA) is 0 Å². The van der Waals surface area contributed by atoms with Gasteiger partial charge in [0, 0.05) is 0 Å². The Morgan fingerprint density at radius 3 is 2.33 bits per heavy atom. The van der Waals surface area contributed by atoms with Crippen LogP contribution in [0.5, 0.6) is 0 Å². The third kappa shape index (κ3) is 3.56. The molecule has 1 rings (SSSR count). The summed E-state index contributed by atoms with van der Waals surface area (Å²) in [5.41, 5.74) is 1.46. The van der Waals surface area contributed by atoms with Gasteiger partial charge < -0.3 is 6.92 Å². The molecule has 0 nitrogen and oxygen atoms in total. The van der Waals surface area contributed by atoms with Crippen molar-refractivity contribution in [2.24, 2.45) is 0 Å². The molecule has 1 aromatic carbocycles. The minimum Gasteiger partial charge on any atom is -0.343 e. The molecule has 0 amide bonds. The standard InChI is InChI=1S/C12H17/c1-2-3-4-6-9-12-10-7-5-8-11-12/h5,7-8,10-11H,1-4,6,9H2/q-1. The van der Waals surface area contributed by atoms with Crippen molar-refractivity contribution in [3.05, 3.63) is 42.8 Å². The SMILES string of the molecule is [CH2-]CCCCCc1ccccc1. The molecule has 0 aliphatic rings. The Morgan fingerprint density at radius 2 is 1.67 bits per heavy atom. The molecule has 0 heterocycles. The summed E-state index contributed by atoms with van der Waals surface area (Å²) < 4.78 is 0. The van der Waals surface area contributed by atoms with Crippen molar-refractivity contribution in [2.75, 3.05) is 0 Å². The fourth-order valence-electron chi connectivity index (χ4n) is 1.33. The van der Waals surface area contributed by atoms with Gasteiger partial charge in [-0.05, 0) is 18.4 Å². The molecule has 0 heteroatoms. The maximum atomic E-state index is 3.83. The molecule has 0 atom stereocenters. The lowest BCUT2D eigenvalue weighted by Gasteiger charge is -2.01. The Hall–Kier alpha value is -0.780. The van der Waals surface area contributed by atoms with E-state index in [1.54, 1.807) is 0 Å². The highest BCUT2D eigenvalue weighted by molar-refractivity contribution is 5.14. The molecule has 0 aliphatic heterocycles. The summed E-state index contributed by atoms with van der Waals surface area (Å²) in [4.78, 5) is 0. The van der Waals surface area contributed by atoms with Gasteiger partial charge in [-0.3, -0.25) is 0 Å². The lowest BCUT2D eigenvalue weighted by Crippen LogP contribution is -1.84. The summed E-state index contributed by atoms with van der Waals surface area (Å²) in [7, 11) is 0. The quantitative estimate of drug-likeness (QED) is 0.457. The van der Waals surface area contributed by atoms with E-state index in [0.29, 0.717) is 0 Å². The molecule has 0 aromatic heterocycles. The molecule has 66 valence electrons. The van der Waals surface area contributed by atoms with E-state index in [0.717, 1.165) is 6.42 Å². The van der Waals surface area contributed by atoms with Crippen LogP contribution in [-0.4, -0.2) is 0 Å². The summed E-state index contributed by atoms with van der Waals surface area (Å²) in [5.74, 6) is 0. The van der Waals surface area contributed by atoms with E-state index in [1.807, 2.05) is 0 Å². The van der Waals surface area contributed by atoms with Gasteiger partial charge >= 0.3 is 0 Å². The zero-order chi connectivity index (χ0) is 8.65. The van der Waals surface area contributed by atoms with Crippen LogP contribution in [0.15, 0.2) is 30.3 Å². The van der Waals surface area contributed by atoms with Crippen LogP contribution in [0.25, 0.3) is 0 Å². The van der Waals surface area contributed by atoms with Crippen molar-refractivity contribution in [1.29, 1.82) is 0 Å². The highest BCUT2D eigenvalue weighted by Crippen LogP contribution is 2.06. The van der Waals surface area contributed by atoms with Crippen LogP contribution < -0.4 is 0 Å². The second-order valence-corrected chi connectivity index (χ2v) is 3.15. The van der Waals surface area contributed by atoms with Crippen LogP contribution in [0.3, 0.4) is 0 Å². The van der Waals surface area contributed by atoms with Crippen LogP contribution >= 0.6 is 0 Å². The van der Waals surface area contributed by atoms with E-state index < -0.39 is 0 Å². The third-order valence-electron chi connectivity index (χ3n) is 2.06. The number of aryl methyl sites for hydroxylation is 1. The first-order valence-electron chi connectivity index (χ1n) is 4.76. The van der Waals surface area contributed by atoms with Crippen molar-refractivity contribution in [3.8, 4) is 0 Å². The second kappa shape index (κ2) is 5.82. The first-order valence-corrected chi connectivity index (χ1v) is 4.76. The fraction of sp³-hybridized carbons (Fsp3) is 0.417. The smallest absolute Gasteiger partial charge is 0.0279 e. The Labute approximate surface area is 75.6 Å². The molecular formula is C12H17-. The second-order valence-electron chi connectivity index (χ2n) is 3.15. The lowest BCUT2D eigenvalue weighted by atomic mass is 10.1. The largest absolute Gasteiger partial charge is 0.343 e. The van der Waals surface area contributed by atoms with Crippen LogP contribution in [0.1, 0.15) is 31.2 Å². The molecule has 0 aliphatic carbocycles. The van der Waals surface area contributed by atoms with Crippen molar-refractivity contribution >= 4 is 0 Å². The van der Waals surface area contributed by atoms with E-state index in [4.69, 9.17) is 0 Å². The lowest BCUT2D eigenvalue weighted by molar-refractivity contribution is 0.686. The van der Waals surface area contributed by atoms with Gasteiger partial charge in [-0.25, -0.2) is 0 Å². The maximum Gasteiger partial charge on any atom is -0.0279 e. The number of rotatable bonds is 5. The molecule has 0 bridgehead atoms. The van der Waals surface area contributed by atoms with Crippen molar-refractivity contribution < 1.29 is 0 Å². The van der Waals surface area contributed by atoms with Gasteiger partial charge in [0.05, 0.1) is 0 Å². The molecule has 0 fully saturated rings. The molecule has 0 saturated heterocycles. The Kier molecular flexibility index (Phi) is 4.51. The Balaban J connectivity index is 2.16. The van der Waals surface area contributed by atoms with Gasteiger partial charge in [-0.1, -0.05) is 43.2 Å². The zero-order valence-electron chi connectivity index (χ0n) is 7.63. The van der Waals surface area contributed by atoms with E-state index >= 15 is 0 Å². The van der Waals surface area contributed by atoms with E-state index in [-0.39, 0.29) is 0 Å². The first kappa shape index (κ1) is 9.31. The summed E-state index contributed by atoms with van der Waals surface area (Å²) in [6, 6.07) is 10.7. The zero-order valence-corrected chi connectivity index (χ0v) is 7.63. The highest BCUT2D eigenvalue weighted by atomic mass is 14.0. The summed E-state index contributed by atoms with van der Waals surface area (Å²) in [5, 5.41) is 0. The molecule has 0 N–H and O–H groups in total. The van der Waals surface area contributed by atoms with Crippen LogP contribution in [0.4, 0.5) is 0 Å². The predicted molar refractivity (Wildman–Crippen MR) is 54.0 cm³/mol. The molecule has 12 heavy (non-hydrogen) atoms. The van der Waals surface area contributed by atoms with Gasteiger partial charge in [-0.15, -0.1) is 0 Å². The van der Waals surface area contributed by atoms with Crippen LogP contribution in [-0.2, 0) is 6.42 Å². The molecule has 0 radical (unpaired) electrons. The maximum absolute atomic E-state index is 3.83. The van der Waals surface area contributed by atoms with Gasteiger partial charge in [0.2, 0.25) is 0 Å². The van der Waals surface area contributed by atoms with Gasteiger partial charge in [-0.2, -0.15) is 6.42 Å². The third-order valence-corrected chi connectivity index (χ3v) is 2.06. The molecule has 1 aromatic rings. The average molecular weight is 161 g/mol. The minimum atomic E-state index is 1.08. The Bertz CT molecular complexity index is 188. The van der Waals surface area contributed by atoms with Crippen molar-refractivity contribution in [1.82, 2.24) is 0 Å². The van der Waals surface area contributed by atoms with Crippen molar-refractivity contribution in [2.45, 2.75) is 32.1 Å². The van der Waals surface area contributed by atoms with Gasteiger partial charge in [0.25, 0.3) is 0 Å². The number of hydrogen-bond acceptors (Lipinski definition) is 0. The van der Waals surface area contributed by atoms with Crippen molar-refractivity contribution in [3.63, 3.8) is 0 Å². The van der Waals surface area contributed by atoms with Gasteiger partial charge in [0.15, 0.2) is 0 Å². The first-order chi connectivity index (χ1) is 5.93. The summed E-state index contributed by atoms with van der Waals surface area (Å²) >= 11 is 0. The van der Waals surface area contributed by atoms with Crippen LogP contribution in [0, 0.1) is 6.92 Å². The van der Waals surface area contributed by atoms with Gasteiger partial charge in [0.1, 0.15) is 0 Å². The number of benzene rings is 1. The predicted octanol–water partition coefficient (Wildman–Crippen LogP) is 3.62. The monoisotopic (exact) mass is 161 g/mol. The minimum absolute atomic E-state index is 1.08. The molecule has 0 saturated carbocycles. The highest BCUT2D eigenvalue weighted by Gasteiger charge is 1.89. The number of hydrogen-bond donors (Lipinski definition) is 0. The average Bonchev–Trinajstić information content (AvgIpc) is 2.14. The Morgan fingerprint density at radius 1 is 0.917 bits per heavy atom. The number of unbranched alkanes of at least 4 members (excludes halogenated alkanes) is 3. The fourth-order valence-corrected chi connectivity index (χ4v) is 1.33. The molecular weight excluding hydrogens is 144 g/mol. The molecule has 0 unspecified atom stereocenters. The summed E-state index contributed by atoms with van der Waals surface area (Å²) in [6.45, 7) is 3.83. The van der Waals surface area contributed by atoms with E-state index in [2.05, 4.69) is 37.3 Å². The molecule has 0 spiro atoms. The normalized spacial score (nSPS) is 10.1. The van der Waals surface area contributed by atoms with E-state index in [1.165, 1.54) is 31.2 Å². The summed E-state index contributed by atoms with van der Waals surface area (Å²) in [6.07, 6.45) is 6.19. The van der Waals surface area contributed by atoms with Crippen LogP contribution in [0.2, 0.25) is 0 Å². The van der Waals surface area contributed by atoms with E-state index in [9.17, 15) is 0 Å².